The maximum Gasteiger partial charge on any atom is 0.255 e. The van der Waals surface area contributed by atoms with Gasteiger partial charge in [-0.2, -0.15) is 0 Å². The van der Waals surface area contributed by atoms with Gasteiger partial charge in [-0.1, -0.05) is 18.2 Å². The third kappa shape index (κ3) is 4.46. The van der Waals surface area contributed by atoms with Crippen LogP contribution in [0.5, 0.6) is 17.2 Å². The molecule has 1 heterocycles. The van der Waals surface area contributed by atoms with E-state index < -0.39 is 0 Å². The summed E-state index contributed by atoms with van der Waals surface area (Å²) in [5.41, 5.74) is 4.70. The third-order valence-corrected chi connectivity index (χ3v) is 5.71. The highest BCUT2D eigenvalue weighted by atomic mass is 16.5. The summed E-state index contributed by atoms with van der Waals surface area (Å²) in [7, 11) is 4.78. The molecule has 0 radical (unpaired) electrons. The average Bonchev–Trinajstić information content (AvgIpc) is 2.86. The molecular formula is C27H26N2O4. The Bertz CT molecular complexity index is 1320. The molecule has 0 bridgehead atoms. The standard InChI is InChI=1S/C27H26N2O4/c1-17-13-18(6-10-25(17)32-3)21-8-5-19(24-16-28-12-11-22(21)24)15-29-27(30)23-9-7-20(31-2)14-26(23)33-4/h5-14,16H,15H2,1-4H3,(H,29,30). The van der Waals surface area contributed by atoms with E-state index in [1.807, 2.05) is 31.3 Å². The number of amides is 1. The molecule has 0 fully saturated rings. The van der Waals surface area contributed by atoms with Gasteiger partial charge in [0.25, 0.3) is 5.91 Å². The molecule has 0 atom stereocenters. The molecule has 6 nitrogen and oxygen atoms in total. The van der Waals surface area contributed by atoms with E-state index >= 15 is 0 Å². The van der Waals surface area contributed by atoms with Gasteiger partial charge in [0.1, 0.15) is 17.2 Å². The number of hydrogen-bond donors (Lipinski definition) is 1. The van der Waals surface area contributed by atoms with Crippen molar-refractivity contribution in [3.63, 3.8) is 0 Å². The van der Waals surface area contributed by atoms with Gasteiger partial charge in [0.05, 0.1) is 26.9 Å². The molecule has 0 spiro atoms. The second kappa shape index (κ2) is 9.61. The first-order chi connectivity index (χ1) is 16.0. The highest BCUT2D eigenvalue weighted by Crippen LogP contribution is 2.33. The highest BCUT2D eigenvalue weighted by molar-refractivity contribution is 5.99. The number of carbonyl (C=O) groups is 1. The molecule has 168 valence electrons. The van der Waals surface area contributed by atoms with Crippen LogP contribution >= 0.6 is 0 Å². The smallest absolute Gasteiger partial charge is 0.255 e. The molecular weight excluding hydrogens is 416 g/mol. The number of ether oxygens (including phenoxy) is 3. The molecule has 0 saturated heterocycles. The summed E-state index contributed by atoms with van der Waals surface area (Å²) in [5, 5.41) is 5.06. The van der Waals surface area contributed by atoms with Gasteiger partial charge in [-0.3, -0.25) is 9.78 Å². The van der Waals surface area contributed by atoms with Gasteiger partial charge in [-0.15, -0.1) is 0 Å². The zero-order chi connectivity index (χ0) is 23.4. The van der Waals surface area contributed by atoms with Crippen LogP contribution in [0.1, 0.15) is 21.5 Å². The number of carbonyl (C=O) groups excluding carboxylic acids is 1. The second-order valence-electron chi connectivity index (χ2n) is 7.63. The number of aromatic nitrogens is 1. The number of nitrogens with zero attached hydrogens (tertiary/aromatic N) is 1. The molecule has 6 heteroatoms. The minimum atomic E-state index is -0.221. The number of fused-ring (bicyclic) bond motifs is 1. The Hall–Kier alpha value is -4.06. The first-order valence-electron chi connectivity index (χ1n) is 10.6. The molecule has 3 aromatic carbocycles. The lowest BCUT2D eigenvalue weighted by Gasteiger charge is -2.14. The van der Waals surface area contributed by atoms with E-state index in [4.69, 9.17) is 14.2 Å². The highest BCUT2D eigenvalue weighted by Gasteiger charge is 2.15. The Morgan fingerprint density at radius 3 is 2.42 bits per heavy atom. The maximum absolute atomic E-state index is 12.9. The maximum atomic E-state index is 12.9. The molecule has 0 aliphatic heterocycles. The predicted molar refractivity (Wildman–Crippen MR) is 129 cm³/mol. The second-order valence-corrected chi connectivity index (χ2v) is 7.63. The molecule has 1 aromatic heterocycles. The zero-order valence-corrected chi connectivity index (χ0v) is 19.1. The van der Waals surface area contributed by atoms with Gasteiger partial charge in [0.15, 0.2) is 0 Å². The van der Waals surface area contributed by atoms with Crippen LogP contribution in [0.25, 0.3) is 21.9 Å². The van der Waals surface area contributed by atoms with Crippen molar-refractivity contribution in [1.82, 2.24) is 10.3 Å². The summed E-state index contributed by atoms with van der Waals surface area (Å²) in [5.74, 6) is 1.73. The largest absolute Gasteiger partial charge is 0.497 e. The van der Waals surface area contributed by atoms with Crippen LogP contribution in [0, 0.1) is 6.92 Å². The number of benzene rings is 3. The van der Waals surface area contributed by atoms with Gasteiger partial charge < -0.3 is 19.5 Å². The number of methoxy groups -OCH3 is 3. The number of nitrogens with one attached hydrogen (secondary N) is 1. The van der Waals surface area contributed by atoms with Crippen molar-refractivity contribution in [1.29, 1.82) is 0 Å². The van der Waals surface area contributed by atoms with Crippen molar-refractivity contribution in [2.45, 2.75) is 13.5 Å². The van der Waals surface area contributed by atoms with Crippen molar-refractivity contribution in [3.05, 3.63) is 83.7 Å². The summed E-state index contributed by atoms with van der Waals surface area (Å²) in [6.07, 6.45) is 3.62. The summed E-state index contributed by atoms with van der Waals surface area (Å²) in [6, 6.07) is 17.4. The van der Waals surface area contributed by atoms with E-state index in [9.17, 15) is 4.79 Å². The van der Waals surface area contributed by atoms with E-state index in [0.717, 1.165) is 38.8 Å². The van der Waals surface area contributed by atoms with Gasteiger partial charge in [0.2, 0.25) is 0 Å². The van der Waals surface area contributed by atoms with Crippen molar-refractivity contribution in [3.8, 4) is 28.4 Å². The van der Waals surface area contributed by atoms with E-state index in [-0.39, 0.29) is 5.91 Å². The van der Waals surface area contributed by atoms with Crippen LogP contribution < -0.4 is 19.5 Å². The summed E-state index contributed by atoms with van der Waals surface area (Å²) < 4.78 is 16.0. The summed E-state index contributed by atoms with van der Waals surface area (Å²) in [4.78, 5) is 17.2. The fourth-order valence-corrected chi connectivity index (χ4v) is 3.96. The number of pyridine rings is 1. The normalized spacial score (nSPS) is 10.7. The molecule has 1 amide bonds. The van der Waals surface area contributed by atoms with E-state index in [1.54, 1.807) is 38.6 Å². The van der Waals surface area contributed by atoms with Crippen molar-refractivity contribution >= 4 is 16.7 Å². The first-order valence-corrected chi connectivity index (χ1v) is 10.6. The van der Waals surface area contributed by atoms with Crippen LogP contribution in [-0.4, -0.2) is 32.2 Å². The SMILES string of the molecule is COc1ccc(C(=O)NCc2ccc(-c3ccc(OC)c(C)c3)c3ccncc23)c(OC)c1. The van der Waals surface area contributed by atoms with Crippen molar-refractivity contribution in [2.24, 2.45) is 0 Å². The lowest BCUT2D eigenvalue weighted by atomic mass is 9.95. The molecule has 0 aliphatic carbocycles. The molecule has 4 rings (SSSR count). The Morgan fingerprint density at radius 1 is 0.879 bits per heavy atom. The van der Waals surface area contributed by atoms with Gasteiger partial charge in [-0.05, 0) is 64.9 Å². The Morgan fingerprint density at radius 2 is 1.70 bits per heavy atom. The fraction of sp³-hybridized carbons (Fsp3) is 0.185. The van der Waals surface area contributed by atoms with Crippen LogP contribution in [0.4, 0.5) is 0 Å². The van der Waals surface area contributed by atoms with Crippen LogP contribution in [0.3, 0.4) is 0 Å². The predicted octanol–water partition coefficient (Wildman–Crippen LogP) is 5.17. The average molecular weight is 443 g/mol. The Balaban J connectivity index is 1.63. The lowest BCUT2D eigenvalue weighted by molar-refractivity contribution is 0.0948. The van der Waals surface area contributed by atoms with Crippen LogP contribution in [0.2, 0.25) is 0 Å². The van der Waals surface area contributed by atoms with Crippen LogP contribution in [0.15, 0.2) is 67.0 Å². The number of aryl methyl sites for hydroxylation is 1. The van der Waals surface area contributed by atoms with Gasteiger partial charge in [-0.25, -0.2) is 0 Å². The molecule has 4 aromatic rings. The monoisotopic (exact) mass is 442 g/mol. The topological polar surface area (TPSA) is 69.7 Å². The quantitative estimate of drug-likeness (QED) is 0.428. The molecule has 33 heavy (non-hydrogen) atoms. The minimum Gasteiger partial charge on any atom is -0.497 e. The lowest BCUT2D eigenvalue weighted by Crippen LogP contribution is -2.23. The van der Waals surface area contributed by atoms with Crippen molar-refractivity contribution in [2.75, 3.05) is 21.3 Å². The van der Waals surface area contributed by atoms with Gasteiger partial charge >= 0.3 is 0 Å². The zero-order valence-electron chi connectivity index (χ0n) is 19.1. The minimum absolute atomic E-state index is 0.221. The molecule has 0 saturated carbocycles. The van der Waals surface area contributed by atoms with Gasteiger partial charge in [0, 0.05) is 30.4 Å². The number of rotatable bonds is 7. The molecule has 1 N–H and O–H groups in total. The van der Waals surface area contributed by atoms with Crippen LogP contribution in [-0.2, 0) is 6.54 Å². The fourth-order valence-electron chi connectivity index (χ4n) is 3.96. The summed E-state index contributed by atoms with van der Waals surface area (Å²) >= 11 is 0. The van der Waals surface area contributed by atoms with E-state index in [1.165, 1.54) is 7.11 Å². The van der Waals surface area contributed by atoms with E-state index in [2.05, 4.69) is 28.5 Å². The molecule has 0 unspecified atom stereocenters. The molecule has 0 aliphatic rings. The van der Waals surface area contributed by atoms with Crippen molar-refractivity contribution < 1.29 is 19.0 Å². The number of hydrogen-bond acceptors (Lipinski definition) is 5. The Kier molecular flexibility index (Phi) is 6.45. The Labute approximate surface area is 193 Å². The first kappa shape index (κ1) is 22.1. The van der Waals surface area contributed by atoms with E-state index in [0.29, 0.717) is 23.6 Å². The summed E-state index contributed by atoms with van der Waals surface area (Å²) in [6.45, 7) is 2.39. The third-order valence-electron chi connectivity index (χ3n) is 5.71.